The summed E-state index contributed by atoms with van der Waals surface area (Å²) in [7, 11) is -1.84. The van der Waals surface area contributed by atoms with Gasteiger partial charge in [-0.05, 0) is 25.0 Å². The van der Waals surface area contributed by atoms with Crippen molar-refractivity contribution in [2.45, 2.75) is 13.3 Å². The van der Waals surface area contributed by atoms with Crippen molar-refractivity contribution in [2.24, 2.45) is 0 Å². The molecule has 0 atom stereocenters. The molecule has 3 N–H and O–H groups in total. The molecule has 0 saturated heterocycles. The number of aryl methyl sites for hydroxylation is 1. The van der Waals surface area contributed by atoms with Crippen LogP contribution < -0.4 is 10.5 Å². The molecule has 0 amide bonds. The highest BCUT2D eigenvalue weighted by atomic mass is 32.2. The highest BCUT2D eigenvalue weighted by Crippen LogP contribution is 2.15. The van der Waals surface area contributed by atoms with E-state index in [1.807, 2.05) is 0 Å². The zero-order chi connectivity index (χ0) is 12.9. The maximum atomic E-state index is 11.7. The number of nitrogens with zero attached hydrogens (tertiary/aromatic N) is 1. The van der Waals surface area contributed by atoms with Crippen molar-refractivity contribution in [3.05, 3.63) is 17.8 Å². The second kappa shape index (κ2) is 5.83. The van der Waals surface area contributed by atoms with Crippen molar-refractivity contribution >= 4 is 21.5 Å². The number of nitrogen functional groups attached to an aromatic ring is 1. The van der Waals surface area contributed by atoms with Gasteiger partial charge in [0.2, 0.25) is 10.0 Å². The average Bonchev–Trinajstić information content (AvgIpc) is 2.22. The minimum absolute atomic E-state index is 0.00629. The van der Waals surface area contributed by atoms with Crippen LogP contribution in [0.5, 0.6) is 0 Å². The van der Waals surface area contributed by atoms with Crippen molar-refractivity contribution in [3.8, 4) is 0 Å². The Hall–Kier alpha value is -1.34. The van der Waals surface area contributed by atoms with Gasteiger partial charge in [-0.3, -0.25) is 4.72 Å². The van der Waals surface area contributed by atoms with Crippen LogP contribution in [0.15, 0.2) is 12.3 Å². The maximum absolute atomic E-state index is 11.7. The molecule has 0 aliphatic heterocycles. The number of hydrogen-bond donors (Lipinski definition) is 2. The Morgan fingerprint density at radius 3 is 2.82 bits per heavy atom. The molecule has 7 heteroatoms. The first kappa shape index (κ1) is 13.7. The summed E-state index contributed by atoms with van der Waals surface area (Å²) in [4.78, 5) is 3.94. The van der Waals surface area contributed by atoms with E-state index in [2.05, 4.69) is 9.71 Å². The molecule has 0 aliphatic carbocycles. The zero-order valence-corrected chi connectivity index (χ0v) is 10.8. The number of pyridine rings is 1. The third-order valence-electron chi connectivity index (χ3n) is 2.11. The number of rotatable bonds is 6. The summed E-state index contributed by atoms with van der Waals surface area (Å²) >= 11 is 0. The fourth-order valence-electron chi connectivity index (χ4n) is 1.29. The number of nitrogens with two attached hydrogens (primary N) is 1. The molecule has 6 nitrogen and oxygen atoms in total. The first-order chi connectivity index (χ1) is 7.94. The molecule has 96 valence electrons. The van der Waals surface area contributed by atoms with Gasteiger partial charge in [-0.15, -0.1) is 0 Å². The van der Waals surface area contributed by atoms with Crippen LogP contribution in [-0.4, -0.2) is 32.9 Å². The largest absolute Gasteiger partial charge is 0.397 e. The highest BCUT2D eigenvalue weighted by Gasteiger charge is 2.12. The van der Waals surface area contributed by atoms with Crippen molar-refractivity contribution in [2.75, 3.05) is 29.9 Å². The van der Waals surface area contributed by atoms with E-state index in [-0.39, 0.29) is 5.75 Å². The standard InChI is InChI=1S/C10H17N3O3S/c1-8-6-9(11)7-12-10(8)13-17(14,15)5-3-4-16-2/h6-7H,3-5,11H2,1-2H3,(H,12,13). The van der Waals surface area contributed by atoms with Crippen LogP contribution in [0.4, 0.5) is 11.5 Å². The van der Waals surface area contributed by atoms with Gasteiger partial charge in [-0.25, -0.2) is 13.4 Å². The van der Waals surface area contributed by atoms with Gasteiger partial charge in [0.25, 0.3) is 0 Å². The molecule has 0 saturated carbocycles. The van der Waals surface area contributed by atoms with E-state index in [0.717, 1.165) is 0 Å². The molecule has 17 heavy (non-hydrogen) atoms. The van der Waals surface area contributed by atoms with E-state index >= 15 is 0 Å². The molecule has 1 aromatic heterocycles. The van der Waals surface area contributed by atoms with Gasteiger partial charge in [0, 0.05) is 13.7 Å². The van der Waals surface area contributed by atoms with E-state index < -0.39 is 10.0 Å². The Labute approximate surface area is 101 Å². The van der Waals surface area contributed by atoms with Crippen LogP contribution in [0.3, 0.4) is 0 Å². The molecule has 0 spiro atoms. The number of sulfonamides is 1. The summed E-state index contributed by atoms with van der Waals surface area (Å²) in [5.74, 6) is 0.323. The molecule has 1 heterocycles. The van der Waals surface area contributed by atoms with Gasteiger partial charge in [0.1, 0.15) is 5.82 Å². The number of anilines is 2. The molecular weight excluding hydrogens is 242 g/mol. The highest BCUT2D eigenvalue weighted by molar-refractivity contribution is 7.92. The van der Waals surface area contributed by atoms with Gasteiger partial charge < -0.3 is 10.5 Å². The lowest BCUT2D eigenvalue weighted by Gasteiger charge is -2.09. The normalized spacial score (nSPS) is 11.4. The quantitative estimate of drug-likeness (QED) is 0.735. The van der Waals surface area contributed by atoms with Gasteiger partial charge >= 0.3 is 0 Å². The SMILES string of the molecule is COCCCS(=O)(=O)Nc1ncc(N)cc1C. The van der Waals surface area contributed by atoms with Crippen molar-refractivity contribution < 1.29 is 13.2 Å². The van der Waals surface area contributed by atoms with E-state index in [0.29, 0.717) is 30.1 Å². The summed E-state index contributed by atoms with van der Waals surface area (Å²) in [5.41, 5.74) is 6.73. The van der Waals surface area contributed by atoms with E-state index in [9.17, 15) is 8.42 Å². The van der Waals surface area contributed by atoms with Gasteiger partial charge in [0.05, 0.1) is 17.6 Å². The number of ether oxygens (including phenoxy) is 1. The van der Waals surface area contributed by atoms with E-state index in [1.54, 1.807) is 13.0 Å². The van der Waals surface area contributed by atoms with Gasteiger partial charge in [0.15, 0.2) is 0 Å². The molecule has 1 rings (SSSR count). The van der Waals surface area contributed by atoms with Crippen LogP contribution in [-0.2, 0) is 14.8 Å². The van der Waals surface area contributed by atoms with Crippen molar-refractivity contribution in [1.82, 2.24) is 4.98 Å². The number of nitrogens with one attached hydrogen (secondary N) is 1. The van der Waals surface area contributed by atoms with Crippen LogP contribution >= 0.6 is 0 Å². The Bertz CT molecular complexity index is 474. The number of hydrogen-bond acceptors (Lipinski definition) is 5. The summed E-state index contributed by atoms with van der Waals surface area (Å²) in [6, 6.07) is 1.67. The van der Waals surface area contributed by atoms with Crippen LogP contribution in [0.2, 0.25) is 0 Å². The Morgan fingerprint density at radius 1 is 1.53 bits per heavy atom. The molecule has 0 radical (unpaired) electrons. The third kappa shape index (κ3) is 4.58. The molecule has 0 fully saturated rings. The van der Waals surface area contributed by atoms with Crippen molar-refractivity contribution in [1.29, 1.82) is 0 Å². The minimum atomic E-state index is -3.38. The third-order valence-corrected chi connectivity index (χ3v) is 3.44. The molecule has 1 aromatic rings. The monoisotopic (exact) mass is 259 g/mol. The topological polar surface area (TPSA) is 94.3 Å². The van der Waals surface area contributed by atoms with Gasteiger partial charge in [-0.2, -0.15) is 0 Å². The first-order valence-corrected chi connectivity index (χ1v) is 6.81. The van der Waals surface area contributed by atoms with E-state index in [1.165, 1.54) is 13.3 Å². The molecular formula is C10H17N3O3S. The van der Waals surface area contributed by atoms with Gasteiger partial charge in [-0.1, -0.05) is 0 Å². The second-order valence-corrected chi connectivity index (χ2v) is 5.54. The molecule has 0 aliphatic rings. The Morgan fingerprint density at radius 2 is 2.24 bits per heavy atom. The van der Waals surface area contributed by atoms with Crippen LogP contribution in [0.1, 0.15) is 12.0 Å². The molecule has 0 aromatic carbocycles. The summed E-state index contributed by atoms with van der Waals surface area (Å²) in [6.07, 6.45) is 1.86. The predicted octanol–water partition coefficient (Wildman–Crippen LogP) is 0.750. The minimum Gasteiger partial charge on any atom is -0.397 e. The smallest absolute Gasteiger partial charge is 0.233 e. The average molecular weight is 259 g/mol. The lowest BCUT2D eigenvalue weighted by Crippen LogP contribution is -2.19. The molecule has 0 unspecified atom stereocenters. The summed E-state index contributed by atoms with van der Waals surface area (Å²) < 4.78 is 30.6. The Kier molecular flexibility index (Phi) is 4.71. The lowest BCUT2D eigenvalue weighted by molar-refractivity contribution is 0.199. The Balaban J connectivity index is 2.69. The second-order valence-electron chi connectivity index (χ2n) is 3.70. The lowest BCUT2D eigenvalue weighted by atomic mass is 10.3. The predicted molar refractivity (Wildman–Crippen MR) is 67.3 cm³/mol. The number of aromatic nitrogens is 1. The van der Waals surface area contributed by atoms with Crippen LogP contribution in [0, 0.1) is 6.92 Å². The zero-order valence-electron chi connectivity index (χ0n) is 9.93. The van der Waals surface area contributed by atoms with Crippen molar-refractivity contribution in [3.63, 3.8) is 0 Å². The maximum Gasteiger partial charge on any atom is 0.233 e. The fraction of sp³-hybridized carbons (Fsp3) is 0.500. The molecule has 0 bridgehead atoms. The number of methoxy groups -OCH3 is 1. The van der Waals surface area contributed by atoms with Crippen LogP contribution in [0.25, 0.3) is 0 Å². The summed E-state index contributed by atoms with van der Waals surface area (Å²) in [6.45, 7) is 2.16. The van der Waals surface area contributed by atoms with E-state index in [4.69, 9.17) is 10.5 Å². The first-order valence-electron chi connectivity index (χ1n) is 5.16. The fourth-order valence-corrected chi connectivity index (χ4v) is 2.40. The summed E-state index contributed by atoms with van der Waals surface area (Å²) in [5, 5.41) is 0.